The first-order valence-electron chi connectivity index (χ1n) is 8.32. The third-order valence-electron chi connectivity index (χ3n) is 3.64. The van der Waals surface area contributed by atoms with Crippen molar-refractivity contribution < 1.29 is 9.59 Å². The summed E-state index contributed by atoms with van der Waals surface area (Å²) < 4.78 is 1.55. The standard InChI is InChI=1S/C18H17ClN6O2S/c1-11(17(27)21-15-7-5-14(6-8-15)20-12(2)26)28-18-22-23-24-25(18)16-9-3-13(19)4-10-16/h3-11H,1-2H3,(H,20,26)(H,21,27)/t11-/m1/s1. The third kappa shape index (κ3) is 5.08. The lowest BCUT2D eigenvalue weighted by atomic mass is 10.2. The van der Waals surface area contributed by atoms with Crippen LogP contribution in [0.3, 0.4) is 0 Å². The van der Waals surface area contributed by atoms with E-state index in [0.717, 1.165) is 5.69 Å². The predicted molar refractivity (Wildman–Crippen MR) is 109 cm³/mol. The number of thioether (sulfide) groups is 1. The monoisotopic (exact) mass is 416 g/mol. The lowest BCUT2D eigenvalue weighted by Gasteiger charge is -2.12. The average molecular weight is 417 g/mol. The number of carbonyl (C=O) groups excluding carboxylic acids is 2. The smallest absolute Gasteiger partial charge is 0.237 e. The number of hydrogen-bond acceptors (Lipinski definition) is 6. The van der Waals surface area contributed by atoms with E-state index >= 15 is 0 Å². The molecular weight excluding hydrogens is 400 g/mol. The van der Waals surface area contributed by atoms with Gasteiger partial charge < -0.3 is 10.6 Å². The summed E-state index contributed by atoms with van der Waals surface area (Å²) in [5.74, 6) is -0.344. The molecule has 0 aliphatic carbocycles. The van der Waals surface area contributed by atoms with Gasteiger partial charge in [-0.2, -0.15) is 4.68 Å². The topological polar surface area (TPSA) is 102 Å². The number of benzene rings is 2. The van der Waals surface area contributed by atoms with E-state index in [2.05, 4.69) is 26.2 Å². The molecule has 2 amide bonds. The molecule has 144 valence electrons. The maximum absolute atomic E-state index is 12.5. The van der Waals surface area contributed by atoms with Gasteiger partial charge in [0.15, 0.2) is 0 Å². The lowest BCUT2D eigenvalue weighted by Crippen LogP contribution is -2.23. The van der Waals surface area contributed by atoms with E-state index in [1.165, 1.54) is 18.7 Å². The summed E-state index contributed by atoms with van der Waals surface area (Å²) in [5, 5.41) is 17.8. The summed E-state index contributed by atoms with van der Waals surface area (Å²) >= 11 is 7.15. The first-order valence-corrected chi connectivity index (χ1v) is 9.57. The highest BCUT2D eigenvalue weighted by Gasteiger charge is 2.19. The molecule has 0 unspecified atom stereocenters. The Hall–Kier alpha value is -2.91. The maximum Gasteiger partial charge on any atom is 0.237 e. The molecule has 1 atom stereocenters. The average Bonchev–Trinajstić information content (AvgIpc) is 3.11. The number of anilines is 2. The first kappa shape index (κ1) is 19.8. The van der Waals surface area contributed by atoms with Gasteiger partial charge in [0.2, 0.25) is 17.0 Å². The molecule has 0 spiro atoms. The molecule has 28 heavy (non-hydrogen) atoms. The Morgan fingerprint density at radius 2 is 1.64 bits per heavy atom. The Kier molecular flexibility index (Phi) is 6.27. The number of aromatic nitrogens is 4. The fourth-order valence-electron chi connectivity index (χ4n) is 2.29. The molecule has 0 bridgehead atoms. The first-order chi connectivity index (χ1) is 13.4. The fourth-order valence-corrected chi connectivity index (χ4v) is 3.23. The van der Waals surface area contributed by atoms with Crippen LogP contribution in [0.1, 0.15) is 13.8 Å². The molecule has 0 aliphatic heterocycles. The molecule has 10 heteroatoms. The van der Waals surface area contributed by atoms with E-state index in [0.29, 0.717) is 21.6 Å². The van der Waals surface area contributed by atoms with Crippen LogP contribution in [0, 0.1) is 0 Å². The lowest BCUT2D eigenvalue weighted by molar-refractivity contribution is -0.115. The Morgan fingerprint density at radius 1 is 1.04 bits per heavy atom. The van der Waals surface area contributed by atoms with Gasteiger partial charge in [-0.25, -0.2) is 0 Å². The number of carbonyl (C=O) groups is 2. The molecule has 0 saturated carbocycles. The zero-order valence-corrected chi connectivity index (χ0v) is 16.7. The molecule has 1 aromatic heterocycles. The van der Waals surface area contributed by atoms with Crippen molar-refractivity contribution in [3.05, 3.63) is 53.6 Å². The number of halogens is 1. The van der Waals surface area contributed by atoms with Crippen LogP contribution < -0.4 is 10.6 Å². The molecule has 0 fully saturated rings. The zero-order valence-electron chi connectivity index (χ0n) is 15.1. The summed E-state index contributed by atoms with van der Waals surface area (Å²) in [6.45, 7) is 3.21. The van der Waals surface area contributed by atoms with E-state index < -0.39 is 5.25 Å². The summed E-state index contributed by atoms with van der Waals surface area (Å²) in [6.07, 6.45) is 0. The van der Waals surface area contributed by atoms with Crippen molar-refractivity contribution in [2.75, 3.05) is 10.6 Å². The fraction of sp³-hybridized carbons (Fsp3) is 0.167. The van der Waals surface area contributed by atoms with Gasteiger partial charge in [-0.05, 0) is 65.9 Å². The van der Waals surface area contributed by atoms with Crippen LogP contribution in [-0.2, 0) is 9.59 Å². The van der Waals surface area contributed by atoms with Gasteiger partial charge in [-0.1, -0.05) is 23.4 Å². The van der Waals surface area contributed by atoms with Crippen molar-refractivity contribution in [1.29, 1.82) is 0 Å². The van der Waals surface area contributed by atoms with Crippen molar-refractivity contribution >= 4 is 46.6 Å². The third-order valence-corrected chi connectivity index (χ3v) is 4.92. The van der Waals surface area contributed by atoms with Crippen molar-refractivity contribution in [3.63, 3.8) is 0 Å². The molecule has 3 rings (SSSR count). The van der Waals surface area contributed by atoms with Gasteiger partial charge in [-0.15, -0.1) is 5.10 Å². The molecule has 2 aromatic carbocycles. The van der Waals surface area contributed by atoms with Crippen molar-refractivity contribution in [1.82, 2.24) is 20.2 Å². The van der Waals surface area contributed by atoms with Gasteiger partial charge in [0.05, 0.1) is 10.9 Å². The van der Waals surface area contributed by atoms with Gasteiger partial charge in [-0.3, -0.25) is 9.59 Å². The minimum absolute atomic E-state index is 0.153. The normalized spacial score (nSPS) is 11.7. The van der Waals surface area contributed by atoms with Crippen molar-refractivity contribution in [2.45, 2.75) is 24.3 Å². The van der Waals surface area contributed by atoms with Crippen LogP contribution in [0.2, 0.25) is 5.02 Å². The Bertz CT molecular complexity index is 975. The quantitative estimate of drug-likeness (QED) is 0.597. The number of nitrogens with zero attached hydrogens (tertiary/aromatic N) is 4. The highest BCUT2D eigenvalue weighted by atomic mass is 35.5. The largest absolute Gasteiger partial charge is 0.326 e. The summed E-state index contributed by atoms with van der Waals surface area (Å²) in [4.78, 5) is 23.6. The Balaban J connectivity index is 1.64. The summed E-state index contributed by atoms with van der Waals surface area (Å²) in [5.41, 5.74) is 2.04. The van der Waals surface area contributed by atoms with E-state index in [1.807, 2.05) is 0 Å². The molecule has 0 saturated heterocycles. The van der Waals surface area contributed by atoms with Crippen LogP contribution in [-0.4, -0.2) is 37.3 Å². The van der Waals surface area contributed by atoms with E-state index in [-0.39, 0.29) is 11.8 Å². The zero-order chi connectivity index (χ0) is 20.1. The number of tetrazole rings is 1. The molecule has 8 nitrogen and oxygen atoms in total. The van der Waals surface area contributed by atoms with Crippen molar-refractivity contribution in [2.24, 2.45) is 0 Å². The van der Waals surface area contributed by atoms with Crippen LogP contribution in [0.5, 0.6) is 0 Å². The second-order valence-electron chi connectivity index (χ2n) is 5.86. The van der Waals surface area contributed by atoms with Crippen LogP contribution in [0.4, 0.5) is 11.4 Å². The second-order valence-corrected chi connectivity index (χ2v) is 7.60. The molecule has 1 heterocycles. The maximum atomic E-state index is 12.5. The Labute approximate surface area is 170 Å². The molecule has 2 N–H and O–H groups in total. The van der Waals surface area contributed by atoms with Gasteiger partial charge >= 0.3 is 0 Å². The number of rotatable bonds is 6. The number of hydrogen-bond donors (Lipinski definition) is 2. The predicted octanol–water partition coefficient (Wildman–Crippen LogP) is 3.39. The summed E-state index contributed by atoms with van der Waals surface area (Å²) in [7, 11) is 0. The minimum atomic E-state index is -0.438. The Morgan fingerprint density at radius 3 is 2.25 bits per heavy atom. The van der Waals surface area contributed by atoms with E-state index in [4.69, 9.17) is 11.6 Å². The SMILES string of the molecule is CC(=O)Nc1ccc(NC(=O)[C@@H](C)Sc2nnnn2-c2ccc(Cl)cc2)cc1. The molecular formula is C18H17ClN6O2S. The highest BCUT2D eigenvalue weighted by Crippen LogP contribution is 2.24. The van der Waals surface area contributed by atoms with Crippen LogP contribution >= 0.6 is 23.4 Å². The van der Waals surface area contributed by atoms with Crippen LogP contribution in [0.25, 0.3) is 5.69 Å². The van der Waals surface area contributed by atoms with E-state index in [1.54, 1.807) is 60.1 Å². The number of amides is 2. The highest BCUT2D eigenvalue weighted by molar-refractivity contribution is 8.00. The second kappa shape index (κ2) is 8.85. The van der Waals surface area contributed by atoms with E-state index in [9.17, 15) is 9.59 Å². The van der Waals surface area contributed by atoms with Gasteiger partial charge in [0, 0.05) is 23.3 Å². The summed E-state index contributed by atoms with van der Waals surface area (Å²) in [6, 6.07) is 14.0. The van der Waals surface area contributed by atoms with Gasteiger partial charge in [0.1, 0.15) is 0 Å². The molecule has 0 radical (unpaired) electrons. The van der Waals surface area contributed by atoms with Gasteiger partial charge in [0.25, 0.3) is 0 Å². The van der Waals surface area contributed by atoms with Crippen molar-refractivity contribution in [3.8, 4) is 5.69 Å². The molecule has 3 aromatic rings. The van der Waals surface area contributed by atoms with Crippen LogP contribution in [0.15, 0.2) is 53.7 Å². The molecule has 0 aliphatic rings. The minimum Gasteiger partial charge on any atom is -0.326 e. The number of nitrogens with one attached hydrogen (secondary N) is 2.